The molecule has 0 spiro atoms. The highest BCUT2D eigenvalue weighted by atomic mass is 127. The van der Waals surface area contributed by atoms with Crippen LogP contribution < -0.4 is 4.90 Å². The Bertz CT molecular complexity index is 1150. The van der Waals surface area contributed by atoms with Crippen LogP contribution in [0.2, 0.25) is 0 Å². The third-order valence-corrected chi connectivity index (χ3v) is 7.76. The number of anilines is 1. The van der Waals surface area contributed by atoms with Gasteiger partial charge in [-0.1, -0.05) is 30.3 Å². The Morgan fingerprint density at radius 2 is 1.64 bits per heavy atom. The summed E-state index contributed by atoms with van der Waals surface area (Å²) in [5.74, 6) is 0. The first-order chi connectivity index (χ1) is 13.4. The van der Waals surface area contributed by atoms with Gasteiger partial charge in [-0.2, -0.15) is 0 Å². The van der Waals surface area contributed by atoms with Crippen LogP contribution in [0.25, 0.3) is 14.7 Å². The minimum absolute atomic E-state index is 0.318. The fraction of sp³-hybridized carbons (Fsp3) is 0.136. The number of hydrogen-bond acceptors (Lipinski definition) is 4. The summed E-state index contributed by atoms with van der Waals surface area (Å²) in [6, 6.07) is 18.8. The van der Waals surface area contributed by atoms with Gasteiger partial charge in [0.1, 0.15) is 5.25 Å². The zero-order chi connectivity index (χ0) is 19.9. The summed E-state index contributed by atoms with van der Waals surface area (Å²) < 4.78 is 27.1. The normalized spacial score (nSPS) is 15.8. The van der Waals surface area contributed by atoms with Crippen molar-refractivity contribution in [1.29, 1.82) is 0 Å². The van der Waals surface area contributed by atoms with E-state index < -0.39 is 15.1 Å². The van der Waals surface area contributed by atoms with Crippen LogP contribution in [0.5, 0.6) is 0 Å². The third-order valence-electron chi connectivity index (χ3n) is 4.87. The maximum absolute atomic E-state index is 13.1. The van der Waals surface area contributed by atoms with Crippen molar-refractivity contribution in [2.75, 3.05) is 19.0 Å². The molecule has 142 valence electrons. The van der Waals surface area contributed by atoms with Crippen LogP contribution in [0.4, 0.5) is 5.69 Å². The van der Waals surface area contributed by atoms with Gasteiger partial charge in [0.05, 0.1) is 10.6 Å². The molecule has 4 rings (SSSR count). The average molecular weight is 502 g/mol. The number of fused-ring (bicyclic) bond motifs is 1. The molecule has 0 amide bonds. The van der Waals surface area contributed by atoms with Crippen LogP contribution in [0, 0.1) is 0 Å². The molecule has 0 bridgehead atoms. The molecule has 0 fully saturated rings. The Hall–Kier alpha value is -2.19. The van der Waals surface area contributed by atoms with Gasteiger partial charge in [0.25, 0.3) is 0 Å². The van der Waals surface area contributed by atoms with E-state index in [1.807, 2.05) is 26.2 Å². The molecule has 0 saturated carbocycles. The molecule has 0 saturated heterocycles. The molecule has 1 aliphatic carbocycles. The van der Waals surface area contributed by atoms with Gasteiger partial charge in [0, 0.05) is 40.7 Å². The standard InChI is InChI=1S/C22H19IN2O2S/c1-25(2)17-10-8-15(9-11-17)16-12-19-20(23)13-21(22(19)24-14-16)28(26,27)18-6-4-3-5-7-18/h3-14,21H,1-2H3. The van der Waals surface area contributed by atoms with Crippen LogP contribution >= 0.6 is 22.6 Å². The summed E-state index contributed by atoms with van der Waals surface area (Å²) in [6.07, 6.45) is 3.56. The molecule has 1 heterocycles. The van der Waals surface area contributed by atoms with Crippen molar-refractivity contribution in [2.24, 2.45) is 0 Å². The second kappa shape index (κ2) is 7.33. The number of aromatic nitrogens is 1. The lowest BCUT2D eigenvalue weighted by molar-refractivity contribution is 0.590. The number of sulfone groups is 1. The van der Waals surface area contributed by atoms with E-state index in [9.17, 15) is 8.42 Å². The predicted molar refractivity (Wildman–Crippen MR) is 122 cm³/mol. The summed E-state index contributed by atoms with van der Waals surface area (Å²) in [4.78, 5) is 6.94. The Labute approximate surface area is 179 Å². The minimum atomic E-state index is -3.53. The lowest BCUT2D eigenvalue weighted by Gasteiger charge is -2.14. The van der Waals surface area contributed by atoms with Gasteiger partial charge < -0.3 is 4.90 Å². The number of benzene rings is 2. The van der Waals surface area contributed by atoms with Crippen molar-refractivity contribution in [3.05, 3.63) is 84.2 Å². The lowest BCUT2D eigenvalue weighted by Crippen LogP contribution is -2.12. The van der Waals surface area contributed by atoms with Gasteiger partial charge in [0.15, 0.2) is 9.84 Å². The number of hydrogen-bond donors (Lipinski definition) is 0. The average Bonchev–Trinajstić information content (AvgIpc) is 3.05. The zero-order valence-corrected chi connectivity index (χ0v) is 18.5. The van der Waals surface area contributed by atoms with Crippen LogP contribution in [-0.4, -0.2) is 27.5 Å². The summed E-state index contributed by atoms with van der Waals surface area (Å²) >= 11 is 2.20. The molecule has 6 heteroatoms. The van der Waals surface area contributed by atoms with Crippen molar-refractivity contribution in [1.82, 2.24) is 4.98 Å². The molecule has 4 nitrogen and oxygen atoms in total. The number of nitrogens with zero attached hydrogens (tertiary/aromatic N) is 2. The highest BCUT2D eigenvalue weighted by molar-refractivity contribution is 14.1. The first-order valence-electron chi connectivity index (χ1n) is 8.82. The van der Waals surface area contributed by atoms with E-state index in [1.54, 1.807) is 36.5 Å². The van der Waals surface area contributed by atoms with Gasteiger partial charge in [0.2, 0.25) is 0 Å². The van der Waals surface area contributed by atoms with Crippen molar-refractivity contribution >= 4 is 41.7 Å². The van der Waals surface area contributed by atoms with Crippen molar-refractivity contribution < 1.29 is 8.42 Å². The Morgan fingerprint density at radius 1 is 0.964 bits per heavy atom. The Kier molecular flexibility index (Phi) is 5.01. The van der Waals surface area contributed by atoms with E-state index in [-0.39, 0.29) is 0 Å². The first-order valence-corrected chi connectivity index (χ1v) is 11.4. The van der Waals surface area contributed by atoms with Crippen molar-refractivity contribution in [3.8, 4) is 11.1 Å². The van der Waals surface area contributed by atoms with E-state index in [4.69, 9.17) is 0 Å². The fourth-order valence-electron chi connectivity index (χ4n) is 3.30. The number of rotatable bonds is 4. The van der Waals surface area contributed by atoms with E-state index in [1.165, 1.54) is 0 Å². The first kappa shape index (κ1) is 19.1. The Morgan fingerprint density at radius 3 is 2.29 bits per heavy atom. The smallest absolute Gasteiger partial charge is 0.190 e. The van der Waals surface area contributed by atoms with E-state index >= 15 is 0 Å². The van der Waals surface area contributed by atoms with Gasteiger partial charge in [-0.15, -0.1) is 0 Å². The van der Waals surface area contributed by atoms with E-state index in [2.05, 4.69) is 56.7 Å². The molecule has 2 aromatic carbocycles. The molecule has 0 aliphatic heterocycles. The number of pyridine rings is 1. The quantitative estimate of drug-likeness (QED) is 0.465. The summed E-state index contributed by atoms with van der Waals surface area (Å²) in [6.45, 7) is 0. The van der Waals surface area contributed by atoms with Gasteiger partial charge in [-0.05, 0) is 64.6 Å². The summed E-state index contributed by atoms with van der Waals surface area (Å²) in [5, 5.41) is -0.748. The molecule has 28 heavy (non-hydrogen) atoms. The Balaban J connectivity index is 1.73. The molecule has 1 aliphatic rings. The highest BCUT2D eigenvalue weighted by Gasteiger charge is 2.35. The van der Waals surface area contributed by atoms with Crippen molar-refractivity contribution in [3.63, 3.8) is 0 Å². The lowest BCUT2D eigenvalue weighted by atomic mass is 10.0. The van der Waals surface area contributed by atoms with Gasteiger partial charge >= 0.3 is 0 Å². The molecule has 1 unspecified atom stereocenters. The fourth-order valence-corrected chi connectivity index (χ4v) is 5.96. The van der Waals surface area contributed by atoms with Crippen LogP contribution in [-0.2, 0) is 9.84 Å². The molecule has 1 aromatic heterocycles. The van der Waals surface area contributed by atoms with E-state index in [0.717, 1.165) is 26.0 Å². The van der Waals surface area contributed by atoms with Crippen LogP contribution in [0.1, 0.15) is 16.5 Å². The summed E-state index contributed by atoms with van der Waals surface area (Å²) in [5.41, 5.74) is 4.64. The second-order valence-electron chi connectivity index (χ2n) is 6.89. The largest absolute Gasteiger partial charge is 0.378 e. The van der Waals surface area contributed by atoms with Crippen molar-refractivity contribution in [2.45, 2.75) is 10.1 Å². The second-order valence-corrected chi connectivity index (χ2v) is 10.1. The molecule has 3 aromatic rings. The van der Waals surface area contributed by atoms with Gasteiger partial charge in [-0.3, -0.25) is 4.98 Å². The van der Waals surface area contributed by atoms with E-state index in [0.29, 0.717) is 10.6 Å². The minimum Gasteiger partial charge on any atom is -0.378 e. The molecular weight excluding hydrogens is 483 g/mol. The maximum Gasteiger partial charge on any atom is 0.190 e. The molecular formula is C22H19IN2O2S. The maximum atomic E-state index is 13.1. The summed E-state index contributed by atoms with van der Waals surface area (Å²) in [7, 11) is 0.486. The third kappa shape index (κ3) is 3.35. The zero-order valence-electron chi connectivity index (χ0n) is 15.5. The van der Waals surface area contributed by atoms with Crippen LogP contribution in [0.15, 0.2) is 77.8 Å². The number of halogens is 1. The predicted octanol–water partition coefficient (Wildman–Crippen LogP) is 5.12. The topological polar surface area (TPSA) is 50.3 Å². The van der Waals surface area contributed by atoms with Crippen LogP contribution in [0.3, 0.4) is 0 Å². The SMILES string of the molecule is CN(C)c1ccc(-c2cnc3c(c2)C(I)=CC3S(=O)(=O)c2ccccc2)cc1. The van der Waals surface area contributed by atoms with Gasteiger partial charge in [-0.25, -0.2) is 8.42 Å². The highest BCUT2D eigenvalue weighted by Crippen LogP contribution is 2.44. The monoisotopic (exact) mass is 502 g/mol. The molecule has 0 N–H and O–H groups in total. The molecule has 1 atom stereocenters. The molecule has 0 radical (unpaired) electrons.